The van der Waals surface area contributed by atoms with Crippen molar-refractivity contribution in [3.05, 3.63) is 59.8 Å². The highest BCUT2D eigenvalue weighted by Crippen LogP contribution is 2.53. The van der Waals surface area contributed by atoms with Crippen molar-refractivity contribution in [3.63, 3.8) is 0 Å². The third kappa shape index (κ3) is 2.32. The van der Waals surface area contributed by atoms with E-state index in [1.807, 2.05) is 30.3 Å². The van der Waals surface area contributed by atoms with Gasteiger partial charge in [-0.2, -0.15) is 0 Å². The number of carbonyl (C=O) groups is 3. The number of amides is 2. The number of rotatable bonds is 2. The van der Waals surface area contributed by atoms with Crippen molar-refractivity contribution in [1.82, 2.24) is 4.90 Å². The summed E-state index contributed by atoms with van der Waals surface area (Å²) >= 11 is 0. The van der Waals surface area contributed by atoms with E-state index in [1.54, 1.807) is 29.3 Å². The van der Waals surface area contributed by atoms with Gasteiger partial charge in [-0.25, -0.2) is 9.69 Å². The van der Waals surface area contributed by atoms with Crippen LogP contribution in [0.2, 0.25) is 0 Å². The van der Waals surface area contributed by atoms with E-state index in [2.05, 4.69) is 0 Å². The second-order valence-corrected chi connectivity index (χ2v) is 7.91. The number of nitrogens with zero attached hydrogens (tertiary/aromatic N) is 2. The van der Waals surface area contributed by atoms with Gasteiger partial charge in [-0.1, -0.05) is 24.3 Å². The number of anilines is 1. The lowest BCUT2D eigenvalue weighted by molar-refractivity contribution is -0.148. The lowest BCUT2D eigenvalue weighted by atomic mass is 9.84. The Morgan fingerprint density at radius 3 is 2.65 bits per heavy atom. The van der Waals surface area contributed by atoms with Gasteiger partial charge < -0.3 is 19.1 Å². The summed E-state index contributed by atoms with van der Waals surface area (Å²) in [5.74, 6) is -1.78. The Labute approximate surface area is 177 Å². The molecule has 2 amide bonds. The maximum absolute atomic E-state index is 13.6. The summed E-state index contributed by atoms with van der Waals surface area (Å²) in [5, 5.41) is 0. The van der Waals surface area contributed by atoms with E-state index in [-0.39, 0.29) is 12.7 Å². The molecule has 4 heterocycles. The van der Waals surface area contributed by atoms with Crippen LogP contribution in [0.25, 0.3) is 6.08 Å². The fourth-order valence-corrected chi connectivity index (χ4v) is 5.23. The summed E-state index contributed by atoms with van der Waals surface area (Å²) < 4.78 is 15.8. The van der Waals surface area contributed by atoms with E-state index in [1.165, 1.54) is 12.0 Å². The molecule has 0 bridgehead atoms. The topological polar surface area (TPSA) is 85.4 Å². The summed E-state index contributed by atoms with van der Waals surface area (Å²) in [4.78, 5) is 42.9. The monoisotopic (exact) mass is 418 g/mol. The van der Waals surface area contributed by atoms with Crippen LogP contribution >= 0.6 is 0 Å². The van der Waals surface area contributed by atoms with Gasteiger partial charge in [0.2, 0.25) is 18.6 Å². The lowest BCUT2D eigenvalue weighted by Crippen LogP contribution is -2.44. The number of hydrogen-bond donors (Lipinski definition) is 0. The molecule has 8 nitrogen and oxygen atoms in total. The minimum absolute atomic E-state index is 0.0937. The second-order valence-electron chi connectivity index (χ2n) is 7.91. The van der Waals surface area contributed by atoms with Crippen molar-refractivity contribution in [2.24, 2.45) is 11.8 Å². The van der Waals surface area contributed by atoms with Gasteiger partial charge in [-0.05, 0) is 29.3 Å². The first kappa shape index (κ1) is 18.0. The number of carbonyl (C=O) groups excluding carboxylic acids is 3. The van der Waals surface area contributed by atoms with E-state index in [4.69, 9.17) is 14.2 Å². The predicted octanol–water partition coefficient (Wildman–Crippen LogP) is 2.10. The molecule has 156 valence electrons. The first-order valence-corrected chi connectivity index (χ1v) is 10.00. The number of methoxy groups -OCH3 is 1. The average molecular weight is 418 g/mol. The normalized spacial score (nSPS) is 27.3. The van der Waals surface area contributed by atoms with Gasteiger partial charge in [0.15, 0.2) is 11.5 Å². The molecule has 0 unspecified atom stereocenters. The smallest absolute Gasteiger partial charge is 0.329 e. The Balaban J connectivity index is 1.47. The summed E-state index contributed by atoms with van der Waals surface area (Å²) in [5.41, 5.74) is 2.29. The SMILES string of the molecule is COC(=O)[C@@H]1[C@@H]2C(=O)N(c3ccc4c(c3)OCO4)C(=O)[C@H]2[C@H]2c3ccccc3C=CN12. The number of hydrogen-bond acceptors (Lipinski definition) is 7. The van der Waals surface area contributed by atoms with E-state index in [0.717, 1.165) is 11.1 Å². The van der Waals surface area contributed by atoms with E-state index in [9.17, 15) is 14.4 Å². The Morgan fingerprint density at radius 1 is 1.03 bits per heavy atom. The zero-order valence-electron chi connectivity index (χ0n) is 16.6. The molecule has 8 heteroatoms. The highest BCUT2D eigenvalue weighted by atomic mass is 16.7. The van der Waals surface area contributed by atoms with Gasteiger partial charge in [0.25, 0.3) is 0 Å². The number of fused-ring (bicyclic) bond motifs is 6. The van der Waals surface area contributed by atoms with Crippen LogP contribution in [-0.2, 0) is 19.1 Å². The van der Waals surface area contributed by atoms with Crippen molar-refractivity contribution < 1.29 is 28.6 Å². The van der Waals surface area contributed by atoms with Crippen molar-refractivity contribution in [2.75, 3.05) is 18.8 Å². The minimum Gasteiger partial charge on any atom is -0.467 e. The molecule has 2 fully saturated rings. The molecule has 0 radical (unpaired) electrons. The van der Waals surface area contributed by atoms with Crippen LogP contribution in [0.3, 0.4) is 0 Å². The van der Waals surface area contributed by atoms with Crippen molar-refractivity contribution in [3.8, 4) is 11.5 Å². The zero-order chi connectivity index (χ0) is 21.3. The van der Waals surface area contributed by atoms with Crippen LogP contribution in [0.5, 0.6) is 11.5 Å². The third-order valence-corrected chi connectivity index (χ3v) is 6.52. The maximum atomic E-state index is 13.6. The van der Waals surface area contributed by atoms with Crippen LogP contribution in [0.1, 0.15) is 17.2 Å². The number of esters is 1. The fraction of sp³-hybridized carbons (Fsp3) is 0.261. The lowest BCUT2D eigenvalue weighted by Gasteiger charge is -2.34. The Morgan fingerprint density at radius 2 is 1.81 bits per heavy atom. The number of imide groups is 1. The largest absolute Gasteiger partial charge is 0.467 e. The second kappa shape index (κ2) is 6.34. The van der Waals surface area contributed by atoms with Gasteiger partial charge >= 0.3 is 5.97 Å². The van der Waals surface area contributed by atoms with Crippen LogP contribution in [0, 0.1) is 11.8 Å². The molecule has 0 spiro atoms. The van der Waals surface area contributed by atoms with Crippen molar-refractivity contribution in [1.29, 1.82) is 0 Å². The summed E-state index contributed by atoms with van der Waals surface area (Å²) in [7, 11) is 1.29. The van der Waals surface area contributed by atoms with Gasteiger partial charge in [0, 0.05) is 12.3 Å². The summed E-state index contributed by atoms with van der Waals surface area (Å²) in [6.45, 7) is 0.0937. The quantitative estimate of drug-likeness (QED) is 0.545. The van der Waals surface area contributed by atoms with Crippen LogP contribution in [-0.4, -0.2) is 42.6 Å². The van der Waals surface area contributed by atoms with Crippen molar-refractivity contribution >= 4 is 29.5 Å². The number of ether oxygens (including phenoxy) is 3. The van der Waals surface area contributed by atoms with Crippen LogP contribution in [0.4, 0.5) is 5.69 Å². The molecule has 0 aromatic heterocycles. The van der Waals surface area contributed by atoms with E-state index >= 15 is 0 Å². The Hall–Kier alpha value is -3.81. The highest BCUT2D eigenvalue weighted by molar-refractivity contribution is 6.24. The molecular formula is C23H18N2O6. The Kier molecular flexibility index (Phi) is 3.68. The molecule has 31 heavy (non-hydrogen) atoms. The third-order valence-electron chi connectivity index (χ3n) is 6.52. The predicted molar refractivity (Wildman–Crippen MR) is 108 cm³/mol. The first-order chi connectivity index (χ1) is 15.1. The standard InChI is InChI=1S/C23H18N2O6/c1-29-23(28)20-18-17(19-14-5-3-2-4-12(14)8-9-24(19)20)21(26)25(22(18)27)13-6-7-15-16(10-13)31-11-30-15/h2-10,17-20H,11H2,1H3/t17-,18-,19-,20+/m1/s1. The molecule has 0 saturated carbocycles. The minimum atomic E-state index is -0.875. The molecule has 2 aromatic rings. The summed E-state index contributed by atoms with van der Waals surface area (Å²) in [6.07, 6.45) is 3.69. The molecule has 2 saturated heterocycles. The zero-order valence-corrected chi connectivity index (χ0v) is 16.6. The molecule has 2 aromatic carbocycles. The fourth-order valence-electron chi connectivity index (χ4n) is 5.23. The number of benzene rings is 2. The molecule has 6 rings (SSSR count). The first-order valence-electron chi connectivity index (χ1n) is 10.00. The van der Waals surface area contributed by atoms with Gasteiger partial charge in [0.1, 0.15) is 6.04 Å². The maximum Gasteiger partial charge on any atom is 0.329 e. The molecule has 0 N–H and O–H groups in total. The van der Waals surface area contributed by atoms with Gasteiger partial charge in [-0.3, -0.25) is 9.59 Å². The van der Waals surface area contributed by atoms with Crippen molar-refractivity contribution in [2.45, 2.75) is 12.1 Å². The van der Waals surface area contributed by atoms with Gasteiger partial charge in [0.05, 0.1) is 30.7 Å². The van der Waals surface area contributed by atoms with Gasteiger partial charge in [-0.15, -0.1) is 0 Å². The Bertz CT molecular complexity index is 1170. The van der Waals surface area contributed by atoms with E-state index < -0.39 is 35.8 Å². The summed E-state index contributed by atoms with van der Waals surface area (Å²) in [6, 6.07) is 11.4. The highest BCUT2D eigenvalue weighted by Gasteiger charge is 2.65. The van der Waals surface area contributed by atoms with E-state index in [0.29, 0.717) is 17.2 Å². The average Bonchev–Trinajstić information content (AvgIpc) is 3.46. The molecule has 4 atom stereocenters. The molecule has 4 aliphatic heterocycles. The molecule has 4 aliphatic rings. The molecule has 0 aliphatic carbocycles. The van der Waals surface area contributed by atoms with Crippen LogP contribution in [0.15, 0.2) is 48.7 Å². The molecular weight excluding hydrogens is 400 g/mol. The van der Waals surface area contributed by atoms with Crippen LogP contribution < -0.4 is 14.4 Å².